The first-order valence-corrected chi connectivity index (χ1v) is 8.52. The van der Waals surface area contributed by atoms with Gasteiger partial charge in [0.1, 0.15) is 0 Å². The molecule has 2 amide bonds. The van der Waals surface area contributed by atoms with Crippen LogP contribution in [0.4, 0.5) is 5.69 Å². The number of pyridine rings is 1. The maximum atomic E-state index is 12.7. The monoisotopic (exact) mass is 335 g/mol. The van der Waals surface area contributed by atoms with E-state index in [1.165, 1.54) is 12.5 Å². The van der Waals surface area contributed by atoms with Crippen molar-refractivity contribution >= 4 is 23.6 Å². The number of para-hydroxylation sites is 1. The van der Waals surface area contributed by atoms with E-state index in [9.17, 15) is 9.59 Å². The van der Waals surface area contributed by atoms with Crippen molar-refractivity contribution in [3.63, 3.8) is 0 Å². The van der Waals surface area contributed by atoms with Crippen LogP contribution in [-0.4, -0.2) is 34.8 Å². The fourth-order valence-electron chi connectivity index (χ4n) is 2.86. The molecule has 1 aromatic heterocycles. The first kappa shape index (κ1) is 16.9. The lowest BCUT2D eigenvalue weighted by Crippen LogP contribution is -2.36. The number of nitrogens with zero attached hydrogens (tertiary/aromatic N) is 2. The zero-order valence-corrected chi connectivity index (χ0v) is 14.0. The second-order valence-electron chi connectivity index (χ2n) is 5.98. The number of carbonyl (C=O) groups excluding carboxylic acids is 2. The van der Waals surface area contributed by atoms with Gasteiger partial charge >= 0.3 is 0 Å². The first-order chi connectivity index (χ1) is 12.2. The predicted octanol–water partition coefficient (Wildman–Crippen LogP) is 3.36. The molecule has 0 aliphatic carbocycles. The Hall–Kier alpha value is -2.95. The molecule has 128 valence electrons. The Morgan fingerprint density at radius 2 is 1.76 bits per heavy atom. The Bertz CT molecular complexity index is 766. The third-order valence-electron chi connectivity index (χ3n) is 4.15. The van der Waals surface area contributed by atoms with Gasteiger partial charge in [0, 0.05) is 25.4 Å². The van der Waals surface area contributed by atoms with E-state index in [1.54, 1.807) is 24.4 Å². The quantitative estimate of drug-likeness (QED) is 0.872. The van der Waals surface area contributed by atoms with Crippen molar-refractivity contribution < 1.29 is 9.59 Å². The molecule has 5 heteroatoms. The van der Waals surface area contributed by atoms with Crippen molar-refractivity contribution in [2.45, 2.75) is 19.3 Å². The van der Waals surface area contributed by atoms with Crippen LogP contribution in [-0.2, 0) is 4.79 Å². The van der Waals surface area contributed by atoms with Crippen molar-refractivity contribution in [2.75, 3.05) is 18.4 Å². The highest BCUT2D eigenvalue weighted by molar-refractivity contribution is 6.07. The minimum absolute atomic E-state index is 0.0238. The van der Waals surface area contributed by atoms with Crippen LogP contribution in [0.1, 0.15) is 35.3 Å². The number of likely N-dealkylation sites (tertiary alicyclic amines) is 1. The van der Waals surface area contributed by atoms with Crippen molar-refractivity contribution in [2.24, 2.45) is 0 Å². The molecule has 1 aromatic carbocycles. The van der Waals surface area contributed by atoms with Gasteiger partial charge in [-0.15, -0.1) is 0 Å². The molecule has 0 unspecified atom stereocenters. The SMILES string of the molecule is O=C(C=Cc1ccccn1)Nc1ccccc1C(=O)N1CCCCC1. The van der Waals surface area contributed by atoms with E-state index in [2.05, 4.69) is 10.3 Å². The maximum absolute atomic E-state index is 12.7. The topological polar surface area (TPSA) is 62.3 Å². The second kappa shape index (κ2) is 8.24. The summed E-state index contributed by atoms with van der Waals surface area (Å²) in [5, 5.41) is 2.80. The van der Waals surface area contributed by atoms with Crippen LogP contribution in [0.2, 0.25) is 0 Å². The highest BCUT2D eigenvalue weighted by atomic mass is 16.2. The van der Waals surface area contributed by atoms with Gasteiger partial charge in [-0.05, 0) is 49.6 Å². The zero-order chi connectivity index (χ0) is 17.5. The lowest BCUT2D eigenvalue weighted by atomic mass is 10.1. The molecular weight excluding hydrogens is 314 g/mol. The van der Waals surface area contributed by atoms with Gasteiger partial charge in [0.15, 0.2) is 0 Å². The summed E-state index contributed by atoms with van der Waals surface area (Å²) in [5.74, 6) is -0.311. The third kappa shape index (κ3) is 4.53. The van der Waals surface area contributed by atoms with Crippen molar-refractivity contribution in [1.82, 2.24) is 9.88 Å². The van der Waals surface area contributed by atoms with Gasteiger partial charge in [-0.2, -0.15) is 0 Å². The summed E-state index contributed by atoms with van der Waals surface area (Å²) in [4.78, 5) is 30.9. The Balaban J connectivity index is 1.71. The second-order valence-corrected chi connectivity index (χ2v) is 5.98. The van der Waals surface area contributed by atoms with Crippen LogP contribution in [0, 0.1) is 0 Å². The molecule has 25 heavy (non-hydrogen) atoms. The molecule has 0 spiro atoms. The van der Waals surface area contributed by atoms with Gasteiger partial charge in [0.25, 0.3) is 5.91 Å². The molecule has 0 saturated carbocycles. The summed E-state index contributed by atoms with van der Waals surface area (Å²) in [5.41, 5.74) is 1.77. The van der Waals surface area contributed by atoms with Crippen LogP contribution in [0.25, 0.3) is 6.08 Å². The standard InChI is InChI=1S/C20H21N3O2/c24-19(12-11-16-8-4-5-13-21-16)22-18-10-3-2-9-17(18)20(25)23-14-6-1-7-15-23/h2-5,8-13H,1,6-7,14-15H2,(H,22,24). The van der Waals surface area contributed by atoms with E-state index in [0.717, 1.165) is 25.9 Å². The maximum Gasteiger partial charge on any atom is 0.255 e. The number of anilines is 1. The largest absolute Gasteiger partial charge is 0.339 e. The molecule has 1 fully saturated rings. The summed E-state index contributed by atoms with van der Waals surface area (Å²) in [6, 6.07) is 12.6. The molecule has 1 N–H and O–H groups in total. The Labute approximate surface area is 147 Å². The molecule has 0 atom stereocenters. The number of benzene rings is 1. The fraction of sp³-hybridized carbons (Fsp3) is 0.250. The summed E-state index contributed by atoms with van der Waals surface area (Å²) in [6.07, 6.45) is 7.97. The molecule has 0 radical (unpaired) electrons. The molecular formula is C20H21N3O2. The number of aromatic nitrogens is 1. The number of amides is 2. The normalized spacial score (nSPS) is 14.5. The van der Waals surface area contributed by atoms with Gasteiger partial charge < -0.3 is 10.2 Å². The van der Waals surface area contributed by atoms with Crippen LogP contribution in [0.15, 0.2) is 54.7 Å². The summed E-state index contributed by atoms with van der Waals surface area (Å²) in [7, 11) is 0. The summed E-state index contributed by atoms with van der Waals surface area (Å²) in [6.45, 7) is 1.56. The molecule has 1 aliphatic rings. The minimum Gasteiger partial charge on any atom is -0.339 e. The summed E-state index contributed by atoms with van der Waals surface area (Å²) < 4.78 is 0. The Morgan fingerprint density at radius 1 is 1.00 bits per heavy atom. The van der Waals surface area contributed by atoms with Gasteiger partial charge in [0.05, 0.1) is 16.9 Å². The Kier molecular flexibility index (Phi) is 5.57. The Morgan fingerprint density at radius 3 is 2.52 bits per heavy atom. The number of carbonyl (C=O) groups is 2. The molecule has 1 aliphatic heterocycles. The van der Waals surface area contributed by atoms with E-state index >= 15 is 0 Å². The van der Waals surface area contributed by atoms with Gasteiger partial charge in [-0.25, -0.2) is 0 Å². The van der Waals surface area contributed by atoms with Crippen LogP contribution >= 0.6 is 0 Å². The fourth-order valence-corrected chi connectivity index (χ4v) is 2.86. The van der Waals surface area contributed by atoms with E-state index in [1.807, 2.05) is 35.2 Å². The summed E-state index contributed by atoms with van der Waals surface area (Å²) >= 11 is 0. The molecule has 5 nitrogen and oxygen atoms in total. The average Bonchev–Trinajstić information content (AvgIpc) is 2.68. The van der Waals surface area contributed by atoms with E-state index in [4.69, 9.17) is 0 Å². The first-order valence-electron chi connectivity index (χ1n) is 8.52. The molecule has 1 saturated heterocycles. The zero-order valence-electron chi connectivity index (χ0n) is 14.0. The van der Waals surface area contributed by atoms with E-state index in [0.29, 0.717) is 16.9 Å². The van der Waals surface area contributed by atoms with Crippen LogP contribution < -0.4 is 5.32 Å². The van der Waals surface area contributed by atoms with Gasteiger partial charge in [-0.1, -0.05) is 18.2 Å². The van der Waals surface area contributed by atoms with Crippen LogP contribution in [0.3, 0.4) is 0 Å². The number of nitrogens with one attached hydrogen (secondary N) is 1. The van der Waals surface area contributed by atoms with Gasteiger partial charge in [-0.3, -0.25) is 14.6 Å². The highest BCUT2D eigenvalue weighted by Crippen LogP contribution is 2.20. The van der Waals surface area contributed by atoms with E-state index in [-0.39, 0.29) is 11.8 Å². The average molecular weight is 335 g/mol. The lowest BCUT2D eigenvalue weighted by Gasteiger charge is -2.27. The molecule has 2 heterocycles. The number of hydrogen-bond acceptors (Lipinski definition) is 3. The predicted molar refractivity (Wildman–Crippen MR) is 98.1 cm³/mol. The molecule has 3 rings (SSSR count). The van der Waals surface area contributed by atoms with E-state index < -0.39 is 0 Å². The van der Waals surface area contributed by atoms with Gasteiger partial charge in [0.2, 0.25) is 5.91 Å². The number of piperidine rings is 1. The van der Waals surface area contributed by atoms with Crippen molar-refractivity contribution in [3.8, 4) is 0 Å². The molecule has 0 bridgehead atoms. The van der Waals surface area contributed by atoms with Crippen molar-refractivity contribution in [3.05, 3.63) is 66.0 Å². The third-order valence-corrected chi connectivity index (χ3v) is 4.15. The smallest absolute Gasteiger partial charge is 0.255 e. The number of hydrogen-bond donors (Lipinski definition) is 1. The minimum atomic E-state index is -0.287. The highest BCUT2D eigenvalue weighted by Gasteiger charge is 2.20. The molecule has 2 aromatic rings. The lowest BCUT2D eigenvalue weighted by molar-refractivity contribution is -0.111. The van der Waals surface area contributed by atoms with Crippen LogP contribution in [0.5, 0.6) is 0 Å². The number of rotatable bonds is 4. The van der Waals surface area contributed by atoms with Crippen molar-refractivity contribution in [1.29, 1.82) is 0 Å².